The van der Waals surface area contributed by atoms with Gasteiger partial charge in [0.05, 0.1) is 11.4 Å². The molecule has 0 radical (unpaired) electrons. The molecule has 2 aliphatic heterocycles. The van der Waals surface area contributed by atoms with Crippen molar-refractivity contribution < 1.29 is 0 Å². The van der Waals surface area contributed by atoms with Crippen LogP contribution >= 0.6 is 0 Å². The standard InChI is InChI=1S/C15H16N8.C14H17N7/c1-21-4-3-14(20-21)19-13-6-12(8-23-15(13)17-10-18-23)11-2-5-22(7-11)9-16;1-20-5-3-13(19-20)18-12-6-11(10-2-4-15-7-10)8-21-14(12)16-9-17-21/h3-4,6,8,10-11H,2,5,7H2,1H3,(H,19,20);3,5-6,8-10,15H,2,4,7H2,1H3,(H,18,19). The van der Waals surface area contributed by atoms with Gasteiger partial charge in [0.25, 0.3) is 0 Å². The topological polar surface area (TPSA) is 159 Å². The van der Waals surface area contributed by atoms with Crippen molar-refractivity contribution in [3.8, 4) is 6.19 Å². The molecule has 15 heteroatoms. The molecule has 0 saturated carbocycles. The number of hydrogen-bond acceptors (Lipinski definition) is 11. The van der Waals surface area contributed by atoms with Gasteiger partial charge in [-0.15, -0.1) is 0 Å². The van der Waals surface area contributed by atoms with E-state index < -0.39 is 0 Å². The predicted octanol–water partition coefficient (Wildman–Crippen LogP) is 2.76. The Kier molecular flexibility index (Phi) is 7.24. The Balaban J connectivity index is 0.000000143. The minimum atomic E-state index is 0.326. The van der Waals surface area contributed by atoms with Gasteiger partial charge in [-0.1, -0.05) is 0 Å². The molecule has 0 bridgehead atoms. The van der Waals surface area contributed by atoms with E-state index in [1.165, 1.54) is 5.56 Å². The van der Waals surface area contributed by atoms with Gasteiger partial charge in [-0.05, 0) is 48.6 Å². The Bertz CT molecular complexity index is 1930. The summed E-state index contributed by atoms with van der Waals surface area (Å²) in [5.41, 5.74) is 5.81. The Hall–Kier alpha value is -5.49. The number of likely N-dealkylation sites (tertiary alicyclic amines) is 1. The predicted molar refractivity (Wildman–Crippen MR) is 164 cm³/mol. The number of nitriles is 1. The summed E-state index contributed by atoms with van der Waals surface area (Å²) >= 11 is 0. The Morgan fingerprint density at radius 2 is 1.43 bits per heavy atom. The largest absolute Gasteiger partial charge is 0.336 e. The van der Waals surface area contributed by atoms with Crippen molar-refractivity contribution in [1.82, 2.24) is 59.0 Å². The highest BCUT2D eigenvalue weighted by Gasteiger charge is 2.25. The van der Waals surface area contributed by atoms with E-state index in [2.05, 4.69) is 70.8 Å². The van der Waals surface area contributed by atoms with Crippen LogP contribution in [0.5, 0.6) is 0 Å². The van der Waals surface area contributed by atoms with Gasteiger partial charge in [0.15, 0.2) is 29.1 Å². The lowest BCUT2D eigenvalue weighted by Gasteiger charge is -2.13. The van der Waals surface area contributed by atoms with E-state index in [9.17, 15) is 0 Å². The average molecular weight is 592 g/mol. The van der Waals surface area contributed by atoms with Gasteiger partial charge in [-0.2, -0.15) is 25.7 Å². The van der Waals surface area contributed by atoms with Gasteiger partial charge >= 0.3 is 0 Å². The fraction of sp³-hybridized carbons (Fsp3) is 0.345. The van der Waals surface area contributed by atoms with Gasteiger partial charge in [-0.3, -0.25) is 9.36 Å². The molecule has 2 fully saturated rings. The molecular formula is C29H33N15. The summed E-state index contributed by atoms with van der Waals surface area (Å²) in [6, 6.07) is 8.10. The molecule has 0 amide bonds. The third-order valence-electron chi connectivity index (χ3n) is 8.08. The highest BCUT2D eigenvalue weighted by Crippen LogP contribution is 2.31. The molecule has 0 spiro atoms. The highest BCUT2D eigenvalue weighted by atomic mass is 15.3. The summed E-state index contributed by atoms with van der Waals surface area (Å²) in [6.07, 6.45) is 15.3. The smallest absolute Gasteiger partial charge is 0.179 e. The lowest BCUT2D eigenvalue weighted by molar-refractivity contribution is 0.479. The van der Waals surface area contributed by atoms with Gasteiger partial charge in [0.2, 0.25) is 0 Å². The summed E-state index contributed by atoms with van der Waals surface area (Å²) in [5.74, 6) is 2.43. The highest BCUT2D eigenvalue weighted by molar-refractivity contribution is 5.73. The molecule has 2 aliphatic rings. The van der Waals surface area contributed by atoms with Crippen LogP contribution in [0.1, 0.15) is 35.8 Å². The van der Waals surface area contributed by atoms with E-state index in [1.54, 1.807) is 31.4 Å². The molecule has 3 N–H and O–H groups in total. The van der Waals surface area contributed by atoms with Gasteiger partial charge in [-0.25, -0.2) is 19.0 Å². The molecule has 2 saturated heterocycles. The lowest BCUT2D eigenvalue weighted by atomic mass is 10.00. The maximum atomic E-state index is 9.05. The Labute approximate surface area is 253 Å². The molecule has 6 aromatic rings. The fourth-order valence-corrected chi connectivity index (χ4v) is 5.83. The molecule has 0 aromatic carbocycles. The van der Waals surface area contributed by atoms with Gasteiger partial charge < -0.3 is 20.9 Å². The van der Waals surface area contributed by atoms with Crippen LogP contribution in [0, 0.1) is 11.5 Å². The number of nitrogens with one attached hydrogen (secondary N) is 3. The summed E-state index contributed by atoms with van der Waals surface area (Å²) in [5, 5.41) is 36.3. The van der Waals surface area contributed by atoms with Gasteiger partial charge in [0, 0.05) is 76.6 Å². The van der Waals surface area contributed by atoms with Crippen LogP contribution in [-0.2, 0) is 14.1 Å². The van der Waals surface area contributed by atoms with E-state index in [-0.39, 0.29) is 0 Å². The van der Waals surface area contributed by atoms with Crippen LogP contribution in [0.25, 0.3) is 11.3 Å². The summed E-state index contributed by atoms with van der Waals surface area (Å²) in [4.78, 5) is 10.4. The first-order chi connectivity index (χ1) is 21.5. The van der Waals surface area contributed by atoms with Crippen molar-refractivity contribution in [3.05, 3.63) is 72.8 Å². The van der Waals surface area contributed by atoms with Crippen molar-refractivity contribution in [2.24, 2.45) is 14.1 Å². The average Bonchev–Trinajstić information content (AvgIpc) is 3.86. The molecular weight excluding hydrogens is 558 g/mol. The zero-order valence-electron chi connectivity index (χ0n) is 24.5. The van der Waals surface area contributed by atoms with E-state index >= 15 is 0 Å². The SMILES string of the molecule is Cn1ccc(Nc2cc(C3CCN(C#N)C3)cn3ncnc23)n1.Cn1ccc(Nc2cc(C3CCNC3)cn3ncnc23)n1. The Morgan fingerprint density at radius 1 is 0.841 bits per heavy atom. The molecule has 0 aliphatic carbocycles. The molecule has 2 atom stereocenters. The second-order valence-electron chi connectivity index (χ2n) is 11.2. The van der Waals surface area contributed by atoms with Crippen molar-refractivity contribution in [1.29, 1.82) is 5.26 Å². The third-order valence-corrected chi connectivity index (χ3v) is 8.08. The second kappa shape index (κ2) is 11.7. The molecule has 2 unspecified atom stereocenters. The number of aryl methyl sites for hydroxylation is 2. The van der Waals surface area contributed by atoms with Crippen molar-refractivity contribution in [2.75, 3.05) is 36.8 Å². The number of fused-ring (bicyclic) bond motifs is 2. The number of rotatable bonds is 6. The van der Waals surface area contributed by atoms with Crippen LogP contribution in [0.4, 0.5) is 23.0 Å². The van der Waals surface area contributed by atoms with Crippen LogP contribution < -0.4 is 16.0 Å². The number of aromatic nitrogens is 10. The third kappa shape index (κ3) is 5.62. The van der Waals surface area contributed by atoms with Crippen LogP contribution in [-0.4, -0.2) is 79.8 Å². The van der Waals surface area contributed by atoms with Crippen LogP contribution in [0.3, 0.4) is 0 Å². The first kappa shape index (κ1) is 27.3. The minimum absolute atomic E-state index is 0.326. The molecule has 8 heterocycles. The van der Waals surface area contributed by atoms with Crippen LogP contribution in [0.2, 0.25) is 0 Å². The molecule has 44 heavy (non-hydrogen) atoms. The molecule has 8 rings (SSSR count). The van der Waals surface area contributed by atoms with Gasteiger partial charge in [0.1, 0.15) is 12.7 Å². The maximum Gasteiger partial charge on any atom is 0.179 e. The fourth-order valence-electron chi connectivity index (χ4n) is 5.83. The van der Waals surface area contributed by atoms with E-state index in [0.29, 0.717) is 11.8 Å². The lowest BCUT2D eigenvalue weighted by Crippen LogP contribution is -2.13. The molecule has 6 aromatic heterocycles. The zero-order valence-corrected chi connectivity index (χ0v) is 24.5. The van der Waals surface area contributed by atoms with E-state index in [1.807, 2.05) is 49.3 Å². The van der Waals surface area contributed by atoms with Crippen molar-refractivity contribution >= 4 is 34.3 Å². The molecule has 15 nitrogen and oxygen atoms in total. The summed E-state index contributed by atoms with van der Waals surface area (Å²) < 4.78 is 7.12. The summed E-state index contributed by atoms with van der Waals surface area (Å²) in [7, 11) is 3.78. The van der Waals surface area contributed by atoms with Crippen molar-refractivity contribution in [3.63, 3.8) is 0 Å². The molecule has 224 valence electrons. The number of nitrogens with zero attached hydrogens (tertiary/aromatic N) is 12. The normalized spacial score (nSPS) is 18.0. The monoisotopic (exact) mass is 591 g/mol. The minimum Gasteiger partial charge on any atom is -0.336 e. The van der Waals surface area contributed by atoms with Crippen molar-refractivity contribution in [2.45, 2.75) is 24.7 Å². The number of pyridine rings is 2. The Morgan fingerprint density at radius 3 is 1.91 bits per heavy atom. The first-order valence-corrected chi connectivity index (χ1v) is 14.6. The van der Waals surface area contributed by atoms with E-state index in [4.69, 9.17) is 5.26 Å². The zero-order chi connectivity index (χ0) is 30.0. The maximum absolute atomic E-state index is 9.05. The summed E-state index contributed by atoms with van der Waals surface area (Å²) in [6.45, 7) is 3.64. The quantitative estimate of drug-likeness (QED) is 0.245. The second-order valence-corrected chi connectivity index (χ2v) is 11.2. The van der Waals surface area contributed by atoms with Crippen LogP contribution in [0.15, 0.2) is 61.7 Å². The first-order valence-electron chi connectivity index (χ1n) is 14.6. The van der Waals surface area contributed by atoms with E-state index in [0.717, 1.165) is 78.9 Å². The number of anilines is 4. The number of hydrogen-bond donors (Lipinski definition) is 3.